The lowest BCUT2D eigenvalue weighted by Crippen LogP contribution is -2.27. The molecule has 0 atom stereocenters. The summed E-state index contributed by atoms with van der Waals surface area (Å²) in [5.41, 5.74) is 0.653. The Balaban J connectivity index is 2.33. The van der Waals surface area contributed by atoms with Gasteiger partial charge in [-0.05, 0) is 31.2 Å². The molecule has 1 aliphatic rings. The van der Waals surface area contributed by atoms with E-state index in [2.05, 4.69) is 6.58 Å². The topological polar surface area (TPSA) is 29.5 Å². The molecule has 1 heterocycles. The molecule has 1 fully saturated rings. The minimum absolute atomic E-state index is 0.195. The van der Waals surface area contributed by atoms with Crippen molar-refractivity contribution in [3.8, 4) is 0 Å². The molecule has 2 rings (SSSR count). The normalized spacial score (nSPS) is 17.5. The lowest BCUT2D eigenvalue weighted by molar-refractivity contribution is -0.113. The monoisotopic (exact) mass is 337 g/mol. The molecular weight excluding hydrogens is 326 g/mol. The second kappa shape index (κ2) is 6.93. The first-order chi connectivity index (χ1) is 10.1. The number of carbonyl (C=O) groups excluding carboxylic acids is 1. The number of halogens is 1. The van der Waals surface area contributed by atoms with Gasteiger partial charge in [0.05, 0.1) is 16.9 Å². The summed E-state index contributed by atoms with van der Waals surface area (Å²) >= 11 is 12.5. The summed E-state index contributed by atoms with van der Waals surface area (Å²) in [7, 11) is 0. The number of hydrogen-bond acceptors (Lipinski definition) is 4. The molecular formula is C15H12ClNO2S2. The summed E-state index contributed by atoms with van der Waals surface area (Å²) in [6, 6.07) is 7.01. The van der Waals surface area contributed by atoms with Crippen molar-refractivity contribution >= 4 is 51.5 Å². The summed E-state index contributed by atoms with van der Waals surface area (Å²) in [6.45, 7) is 5.31. The highest BCUT2D eigenvalue weighted by Gasteiger charge is 2.33. The Hall–Kier alpha value is -1.56. The molecule has 1 aromatic rings. The highest BCUT2D eigenvalue weighted by molar-refractivity contribution is 8.27. The Kier molecular flexibility index (Phi) is 5.22. The number of benzene rings is 1. The minimum atomic E-state index is -0.195. The largest absolute Gasteiger partial charge is 0.466 e. The van der Waals surface area contributed by atoms with Crippen LogP contribution in [-0.2, 0) is 9.53 Å². The Bertz CT molecular complexity index is 667. The second-order valence-electron chi connectivity index (χ2n) is 3.97. The number of ether oxygens (including phenoxy) is 1. The molecule has 0 saturated carbocycles. The number of anilines is 1. The number of thiocarbonyl (C=S) groups is 1. The minimum Gasteiger partial charge on any atom is -0.466 e. The van der Waals surface area contributed by atoms with Crippen LogP contribution in [-0.4, -0.2) is 10.2 Å². The first kappa shape index (κ1) is 15.8. The fraction of sp³-hybridized carbons (Fsp3) is 0.0667. The maximum Gasteiger partial charge on any atom is 0.270 e. The summed E-state index contributed by atoms with van der Waals surface area (Å²) < 4.78 is 5.66. The molecule has 21 heavy (non-hydrogen) atoms. The van der Waals surface area contributed by atoms with E-state index in [0.717, 1.165) is 0 Å². The van der Waals surface area contributed by atoms with Crippen molar-refractivity contribution in [3.63, 3.8) is 0 Å². The van der Waals surface area contributed by atoms with Gasteiger partial charge in [-0.3, -0.25) is 9.69 Å². The van der Waals surface area contributed by atoms with Gasteiger partial charge in [0.15, 0.2) is 4.32 Å². The fourth-order valence-corrected chi connectivity index (χ4v) is 3.18. The molecule has 0 aliphatic carbocycles. The molecule has 0 radical (unpaired) electrons. The summed E-state index contributed by atoms with van der Waals surface area (Å²) in [4.78, 5) is 14.4. The van der Waals surface area contributed by atoms with Crippen LogP contribution in [0.1, 0.15) is 6.92 Å². The Morgan fingerprint density at radius 1 is 1.52 bits per heavy atom. The molecule has 0 unspecified atom stereocenters. The van der Waals surface area contributed by atoms with Crippen molar-refractivity contribution in [2.24, 2.45) is 0 Å². The number of carbonyl (C=O) groups is 1. The van der Waals surface area contributed by atoms with Crippen molar-refractivity contribution in [2.75, 3.05) is 4.90 Å². The van der Waals surface area contributed by atoms with E-state index in [1.54, 1.807) is 36.4 Å². The molecule has 1 amide bonds. The first-order valence-corrected chi connectivity index (χ1v) is 7.64. The number of allylic oxidation sites excluding steroid dienone is 2. The van der Waals surface area contributed by atoms with Crippen molar-refractivity contribution in [3.05, 3.63) is 64.9 Å². The van der Waals surface area contributed by atoms with E-state index in [0.29, 0.717) is 25.7 Å². The molecule has 0 aromatic heterocycles. The number of hydrogen-bond donors (Lipinski definition) is 0. The number of thioether (sulfide) groups is 1. The van der Waals surface area contributed by atoms with E-state index in [9.17, 15) is 4.79 Å². The van der Waals surface area contributed by atoms with Gasteiger partial charge in [0, 0.05) is 11.1 Å². The van der Waals surface area contributed by atoms with E-state index < -0.39 is 0 Å². The van der Waals surface area contributed by atoms with E-state index in [1.165, 1.54) is 22.9 Å². The van der Waals surface area contributed by atoms with Crippen molar-refractivity contribution < 1.29 is 9.53 Å². The van der Waals surface area contributed by atoms with Gasteiger partial charge in [-0.1, -0.05) is 48.2 Å². The van der Waals surface area contributed by atoms with Crippen LogP contribution >= 0.6 is 35.6 Å². The average Bonchev–Trinajstić information content (AvgIpc) is 2.73. The molecule has 0 spiro atoms. The second-order valence-corrected chi connectivity index (χ2v) is 6.08. The Morgan fingerprint density at radius 2 is 2.29 bits per heavy atom. The van der Waals surface area contributed by atoms with E-state index in [-0.39, 0.29) is 5.91 Å². The van der Waals surface area contributed by atoms with Gasteiger partial charge < -0.3 is 4.74 Å². The summed E-state index contributed by atoms with van der Waals surface area (Å²) in [5.74, 6) is 0.343. The van der Waals surface area contributed by atoms with Gasteiger partial charge in [-0.15, -0.1) is 0 Å². The standard InChI is InChI=1S/C15H12ClNO2S2/c1-3-12(19-4-2)9-13-14(18)17(15(20)21-13)11-7-5-6-10(16)8-11/h3-9H,2H2,1H3/b12-3-,13-9+. The molecule has 0 bridgehead atoms. The number of rotatable bonds is 4. The lowest BCUT2D eigenvalue weighted by Gasteiger charge is -2.14. The van der Waals surface area contributed by atoms with E-state index in [4.69, 9.17) is 28.6 Å². The van der Waals surface area contributed by atoms with Crippen molar-refractivity contribution in [1.29, 1.82) is 0 Å². The van der Waals surface area contributed by atoms with Gasteiger partial charge >= 0.3 is 0 Å². The van der Waals surface area contributed by atoms with E-state index in [1.807, 2.05) is 6.92 Å². The summed E-state index contributed by atoms with van der Waals surface area (Å²) in [6.07, 6.45) is 4.70. The van der Waals surface area contributed by atoms with Crippen LogP contribution in [0.15, 0.2) is 59.9 Å². The number of amides is 1. The Labute approximate surface area is 137 Å². The average molecular weight is 338 g/mol. The lowest BCUT2D eigenvalue weighted by atomic mass is 10.3. The van der Waals surface area contributed by atoms with Gasteiger partial charge in [-0.25, -0.2) is 0 Å². The third-order valence-electron chi connectivity index (χ3n) is 2.64. The number of nitrogens with zero attached hydrogens (tertiary/aromatic N) is 1. The van der Waals surface area contributed by atoms with Crippen LogP contribution in [0.3, 0.4) is 0 Å². The van der Waals surface area contributed by atoms with Gasteiger partial charge in [-0.2, -0.15) is 0 Å². The zero-order valence-electron chi connectivity index (χ0n) is 11.2. The molecule has 6 heteroatoms. The van der Waals surface area contributed by atoms with E-state index >= 15 is 0 Å². The van der Waals surface area contributed by atoms with Crippen LogP contribution in [0.2, 0.25) is 5.02 Å². The maximum absolute atomic E-state index is 12.5. The third kappa shape index (κ3) is 3.56. The van der Waals surface area contributed by atoms with Gasteiger partial charge in [0.2, 0.25) is 0 Å². The highest BCUT2D eigenvalue weighted by atomic mass is 35.5. The summed E-state index contributed by atoms with van der Waals surface area (Å²) in [5, 5.41) is 0.551. The molecule has 1 saturated heterocycles. The molecule has 0 N–H and O–H groups in total. The van der Waals surface area contributed by atoms with Crippen LogP contribution in [0, 0.1) is 0 Å². The Morgan fingerprint density at radius 3 is 2.90 bits per heavy atom. The zero-order chi connectivity index (χ0) is 15.4. The highest BCUT2D eigenvalue weighted by Crippen LogP contribution is 2.36. The van der Waals surface area contributed by atoms with Gasteiger partial charge in [0.1, 0.15) is 5.76 Å². The predicted molar refractivity (Wildman–Crippen MR) is 92.2 cm³/mol. The van der Waals surface area contributed by atoms with Crippen LogP contribution < -0.4 is 4.90 Å². The molecule has 1 aliphatic heterocycles. The van der Waals surface area contributed by atoms with Gasteiger partial charge in [0.25, 0.3) is 5.91 Å². The fourth-order valence-electron chi connectivity index (χ4n) is 1.72. The zero-order valence-corrected chi connectivity index (χ0v) is 13.6. The van der Waals surface area contributed by atoms with Crippen LogP contribution in [0.25, 0.3) is 0 Å². The van der Waals surface area contributed by atoms with Crippen LogP contribution in [0.5, 0.6) is 0 Å². The maximum atomic E-state index is 12.5. The molecule has 1 aromatic carbocycles. The molecule has 3 nitrogen and oxygen atoms in total. The van der Waals surface area contributed by atoms with Crippen molar-refractivity contribution in [1.82, 2.24) is 0 Å². The smallest absolute Gasteiger partial charge is 0.270 e. The SMILES string of the molecule is C=COC(=C\C)/C=C1/SC(=S)N(c2cccc(Cl)c2)C1=O. The van der Waals surface area contributed by atoms with Crippen LogP contribution in [0.4, 0.5) is 5.69 Å². The first-order valence-electron chi connectivity index (χ1n) is 6.04. The third-order valence-corrected chi connectivity index (χ3v) is 4.17. The predicted octanol–water partition coefficient (Wildman–Crippen LogP) is 4.65. The molecule has 108 valence electrons. The quantitative estimate of drug-likeness (QED) is 0.454. The van der Waals surface area contributed by atoms with Crippen molar-refractivity contribution in [2.45, 2.75) is 6.92 Å².